The van der Waals surface area contributed by atoms with Crippen molar-refractivity contribution >= 4 is 22.5 Å². The second kappa shape index (κ2) is 7.95. The molecule has 2 atom stereocenters. The van der Waals surface area contributed by atoms with Crippen LogP contribution in [0.3, 0.4) is 0 Å². The maximum Gasteiger partial charge on any atom is 0.411 e. The van der Waals surface area contributed by atoms with E-state index in [0.29, 0.717) is 18.5 Å². The first-order chi connectivity index (χ1) is 12.4. The van der Waals surface area contributed by atoms with Gasteiger partial charge in [0.1, 0.15) is 6.61 Å². The summed E-state index contributed by atoms with van der Waals surface area (Å²) in [4.78, 5) is 12.3. The van der Waals surface area contributed by atoms with Gasteiger partial charge in [0.2, 0.25) is 0 Å². The molecule has 140 valence electrons. The Morgan fingerprint density at radius 2 is 1.88 bits per heavy atom. The Kier molecular flexibility index (Phi) is 5.66. The number of carbonyl (C=O) groups excluding carboxylic acids is 1. The van der Waals surface area contributed by atoms with Crippen LogP contribution < -0.4 is 10.6 Å². The van der Waals surface area contributed by atoms with E-state index >= 15 is 0 Å². The summed E-state index contributed by atoms with van der Waals surface area (Å²) in [6.07, 6.45) is -2.38. The Bertz CT molecular complexity index is 759. The minimum absolute atomic E-state index is 0.197. The number of amides is 2. The van der Waals surface area contributed by atoms with Gasteiger partial charge in [-0.25, -0.2) is 4.79 Å². The first-order valence-electron chi connectivity index (χ1n) is 8.64. The quantitative estimate of drug-likeness (QED) is 0.813. The zero-order valence-electron chi connectivity index (χ0n) is 14.2. The third kappa shape index (κ3) is 5.11. The Labute approximate surface area is 149 Å². The van der Waals surface area contributed by atoms with Crippen LogP contribution in [-0.2, 0) is 4.74 Å². The van der Waals surface area contributed by atoms with E-state index in [1.54, 1.807) is 0 Å². The number of hydrogen-bond donors (Lipinski definition) is 2. The summed E-state index contributed by atoms with van der Waals surface area (Å²) in [6, 6.07) is 12.8. The molecular weight excluding hydrogens is 345 g/mol. The summed E-state index contributed by atoms with van der Waals surface area (Å²) in [7, 11) is 0. The summed E-state index contributed by atoms with van der Waals surface area (Å²) < 4.78 is 41.8. The van der Waals surface area contributed by atoms with Crippen molar-refractivity contribution in [1.82, 2.24) is 5.32 Å². The highest BCUT2D eigenvalue weighted by atomic mass is 19.4. The molecule has 2 N–H and O–H groups in total. The maximum atomic E-state index is 12.3. The lowest BCUT2D eigenvalue weighted by Gasteiger charge is -2.30. The van der Waals surface area contributed by atoms with E-state index in [2.05, 4.69) is 10.6 Å². The number of fused-ring (bicyclic) bond motifs is 1. The lowest BCUT2D eigenvalue weighted by molar-refractivity contribution is -0.188. The molecule has 26 heavy (non-hydrogen) atoms. The predicted molar refractivity (Wildman–Crippen MR) is 94.2 cm³/mol. The number of halogens is 3. The highest BCUT2D eigenvalue weighted by Gasteiger charge is 2.31. The monoisotopic (exact) mass is 366 g/mol. The van der Waals surface area contributed by atoms with Crippen LogP contribution in [0.25, 0.3) is 10.8 Å². The molecule has 0 aliphatic heterocycles. The van der Waals surface area contributed by atoms with Crippen LogP contribution in [0.15, 0.2) is 42.5 Å². The Hall–Kier alpha value is -2.28. The molecule has 2 aromatic rings. The second-order valence-electron chi connectivity index (χ2n) is 6.54. The molecule has 0 aromatic heterocycles. The lowest BCUT2D eigenvalue weighted by Crippen LogP contribution is -2.43. The zero-order chi connectivity index (χ0) is 18.6. The Morgan fingerprint density at radius 1 is 1.12 bits per heavy atom. The molecule has 2 aromatic carbocycles. The highest BCUT2D eigenvalue weighted by molar-refractivity contribution is 6.01. The summed E-state index contributed by atoms with van der Waals surface area (Å²) in [5.41, 5.74) is 0.696. The summed E-state index contributed by atoms with van der Waals surface area (Å²) in [5, 5.41) is 7.63. The van der Waals surface area contributed by atoms with Gasteiger partial charge in [-0.3, -0.25) is 0 Å². The van der Waals surface area contributed by atoms with Crippen LogP contribution in [0.1, 0.15) is 25.7 Å². The van der Waals surface area contributed by atoms with Gasteiger partial charge in [-0.05, 0) is 37.1 Å². The lowest BCUT2D eigenvalue weighted by atomic mass is 9.93. The van der Waals surface area contributed by atoms with Gasteiger partial charge in [0.25, 0.3) is 0 Å². The van der Waals surface area contributed by atoms with Crippen LogP contribution >= 0.6 is 0 Å². The third-order valence-electron chi connectivity index (χ3n) is 4.48. The molecule has 1 fully saturated rings. The predicted octanol–water partition coefficient (Wildman–Crippen LogP) is 4.85. The standard InChI is InChI=1S/C19H21F3N2O2/c20-19(21,22)12-26-15-8-4-7-14(11-15)23-18(25)24-17-10-3-6-13-5-1-2-9-16(13)17/h1-3,5-6,9-10,14-15H,4,7-8,11-12H2,(H2,23,24,25)/t14-,15-/m0/s1. The van der Waals surface area contributed by atoms with Crippen molar-refractivity contribution in [2.75, 3.05) is 11.9 Å². The minimum atomic E-state index is -4.33. The first kappa shape index (κ1) is 18.5. The maximum absolute atomic E-state index is 12.3. The molecule has 7 heteroatoms. The van der Waals surface area contributed by atoms with E-state index in [9.17, 15) is 18.0 Å². The average Bonchev–Trinajstić information content (AvgIpc) is 2.60. The van der Waals surface area contributed by atoms with Crippen molar-refractivity contribution in [1.29, 1.82) is 0 Å². The van der Waals surface area contributed by atoms with Crippen molar-refractivity contribution in [2.45, 2.75) is 44.0 Å². The third-order valence-corrected chi connectivity index (χ3v) is 4.48. The van der Waals surface area contributed by atoms with Gasteiger partial charge in [-0.1, -0.05) is 36.4 Å². The van der Waals surface area contributed by atoms with E-state index in [-0.39, 0.29) is 12.1 Å². The molecule has 0 heterocycles. The van der Waals surface area contributed by atoms with Crippen molar-refractivity contribution in [3.63, 3.8) is 0 Å². The van der Waals surface area contributed by atoms with E-state index in [1.807, 2.05) is 42.5 Å². The number of hydrogen-bond acceptors (Lipinski definition) is 2. The molecule has 0 saturated heterocycles. The van der Waals surface area contributed by atoms with Crippen LogP contribution in [0.4, 0.5) is 23.7 Å². The van der Waals surface area contributed by atoms with Crippen molar-refractivity contribution < 1.29 is 22.7 Å². The second-order valence-corrected chi connectivity index (χ2v) is 6.54. The SMILES string of the molecule is O=C(Nc1cccc2ccccc12)N[C@H]1CCC[C@H](OCC(F)(F)F)C1. The number of ether oxygens (including phenoxy) is 1. The normalized spacial score (nSPS) is 20.7. The van der Waals surface area contributed by atoms with Gasteiger partial charge in [-0.2, -0.15) is 13.2 Å². The minimum Gasteiger partial charge on any atom is -0.369 e. The smallest absolute Gasteiger partial charge is 0.369 e. The van der Waals surface area contributed by atoms with Gasteiger partial charge < -0.3 is 15.4 Å². The molecule has 0 unspecified atom stereocenters. The molecule has 1 saturated carbocycles. The van der Waals surface area contributed by atoms with Crippen molar-refractivity contribution in [2.24, 2.45) is 0 Å². The average molecular weight is 366 g/mol. The fraction of sp³-hybridized carbons (Fsp3) is 0.421. The van der Waals surface area contributed by atoms with Gasteiger partial charge in [0.05, 0.1) is 11.8 Å². The topological polar surface area (TPSA) is 50.4 Å². The number of anilines is 1. The summed E-state index contributed by atoms with van der Waals surface area (Å²) in [6.45, 7) is -1.24. The number of alkyl halides is 3. The van der Waals surface area contributed by atoms with E-state index in [1.165, 1.54) is 0 Å². The summed E-state index contributed by atoms with van der Waals surface area (Å²) >= 11 is 0. The largest absolute Gasteiger partial charge is 0.411 e. The molecule has 2 amide bonds. The van der Waals surface area contributed by atoms with E-state index in [4.69, 9.17) is 4.74 Å². The summed E-state index contributed by atoms with van der Waals surface area (Å²) in [5.74, 6) is 0. The fourth-order valence-electron chi connectivity index (χ4n) is 3.32. The molecule has 0 bridgehead atoms. The molecular formula is C19H21F3N2O2. The number of rotatable bonds is 4. The number of urea groups is 1. The van der Waals surface area contributed by atoms with E-state index < -0.39 is 18.9 Å². The van der Waals surface area contributed by atoms with Crippen molar-refractivity contribution in [3.05, 3.63) is 42.5 Å². The number of benzene rings is 2. The molecule has 0 radical (unpaired) electrons. The molecule has 4 nitrogen and oxygen atoms in total. The van der Waals surface area contributed by atoms with Crippen molar-refractivity contribution in [3.8, 4) is 0 Å². The van der Waals surface area contributed by atoms with E-state index in [0.717, 1.165) is 23.6 Å². The highest BCUT2D eigenvalue weighted by Crippen LogP contribution is 2.25. The van der Waals surface area contributed by atoms with Crippen LogP contribution in [-0.4, -0.2) is 31.0 Å². The van der Waals surface area contributed by atoms with Crippen LogP contribution in [0.5, 0.6) is 0 Å². The van der Waals surface area contributed by atoms with Gasteiger partial charge in [0, 0.05) is 11.4 Å². The molecule has 1 aliphatic carbocycles. The van der Waals surface area contributed by atoms with Gasteiger partial charge >= 0.3 is 12.2 Å². The number of nitrogens with one attached hydrogen (secondary N) is 2. The van der Waals surface area contributed by atoms with Gasteiger partial charge in [-0.15, -0.1) is 0 Å². The molecule has 1 aliphatic rings. The van der Waals surface area contributed by atoms with Gasteiger partial charge in [0.15, 0.2) is 0 Å². The Balaban J connectivity index is 1.56. The fourth-order valence-corrected chi connectivity index (χ4v) is 3.32. The molecule has 0 spiro atoms. The molecule has 3 rings (SSSR count). The Morgan fingerprint density at radius 3 is 2.69 bits per heavy atom. The zero-order valence-corrected chi connectivity index (χ0v) is 14.2. The first-order valence-corrected chi connectivity index (χ1v) is 8.64. The van der Waals surface area contributed by atoms with Crippen LogP contribution in [0, 0.1) is 0 Å². The van der Waals surface area contributed by atoms with Crippen LogP contribution in [0.2, 0.25) is 0 Å². The number of carbonyl (C=O) groups is 1.